The summed E-state index contributed by atoms with van der Waals surface area (Å²) in [4.78, 5) is 0.774. The average Bonchev–Trinajstić information content (AvgIpc) is 2.07. The minimum atomic E-state index is 0.0442. The summed E-state index contributed by atoms with van der Waals surface area (Å²) in [6.07, 6.45) is 3.47. The fourth-order valence-electron chi connectivity index (χ4n) is 0.865. The molecule has 0 amide bonds. The number of nitrogens with two attached hydrogens (primary N) is 1. The van der Waals surface area contributed by atoms with E-state index in [0.29, 0.717) is 5.69 Å². The molecule has 0 aliphatic rings. The van der Waals surface area contributed by atoms with Crippen LogP contribution in [0.4, 0.5) is 5.69 Å². The predicted octanol–water partition coefficient (Wildman–Crippen LogP) is 1.56. The van der Waals surface area contributed by atoms with E-state index in [-0.39, 0.29) is 6.61 Å². The maximum Gasteiger partial charge on any atom is 0.0615 e. The van der Waals surface area contributed by atoms with Crippen molar-refractivity contribution < 1.29 is 5.11 Å². The van der Waals surface area contributed by atoms with Crippen molar-refractivity contribution >= 4 is 24.4 Å². The van der Waals surface area contributed by atoms with Gasteiger partial charge in [-0.25, -0.2) is 0 Å². The highest BCUT2D eigenvalue weighted by Crippen LogP contribution is 2.18. The van der Waals surface area contributed by atoms with Gasteiger partial charge in [0.25, 0.3) is 0 Å². The number of hydrogen-bond acceptors (Lipinski definition) is 3. The van der Waals surface area contributed by atoms with E-state index in [4.69, 9.17) is 10.8 Å². The third kappa shape index (κ3) is 2.29. The van der Waals surface area contributed by atoms with Crippen LogP contribution in [0.15, 0.2) is 29.2 Å². The standard InChI is InChI=1S/C9H11NOS/c10-8-6-7(2-1-5-11)3-4-9(8)12/h1-4,6,11-12H,5,10H2/b2-1+. The predicted molar refractivity (Wildman–Crippen MR) is 54.2 cm³/mol. The van der Waals surface area contributed by atoms with E-state index in [2.05, 4.69) is 12.6 Å². The number of rotatable bonds is 2. The highest BCUT2D eigenvalue weighted by molar-refractivity contribution is 7.80. The molecule has 0 saturated heterocycles. The molecule has 0 radical (unpaired) electrons. The first-order chi connectivity index (χ1) is 5.74. The maximum absolute atomic E-state index is 8.52. The van der Waals surface area contributed by atoms with Crippen LogP contribution < -0.4 is 5.73 Å². The highest BCUT2D eigenvalue weighted by atomic mass is 32.1. The molecule has 0 bridgehead atoms. The number of benzene rings is 1. The van der Waals surface area contributed by atoms with Gasteiger partial charge in [-0.05, 0) is 17.7 Å². The lowest BCUT2D eigenvalue weighted by Crippen LogP contribution is -1.87. The third-order valence-electron chi connectivity index (χ3n) is 1.47. The number of aliphatic hydroxyl groups excluding tert-OH is 1. The Bertz CT molecular complexity index is 297. The first-order valence-corrected chi connectivity index (χ1v) is 4.04. The Hall–Kier alpha value is -0.930. The minimum absolute atomic E-state index is 0.0442. The van der Waals surface area contributed by atoms with E-state index in [1.54, 1.807) is 6.08 Å². The molecule has 1 aromatic carbocycles. The molecule has 3 heteroatoms. The third-order valence-corrected chi connectivity index (χ3v) is 1.87. The van der Waals surface area contributed by atoms with Crippen molar-refractivity contribution in [1.29, 1.82) is 0 Å². The van der Waals surface area contributed by atoms with Gasteiger partial charge < -0.3 is 10.8 Å². The Kier molecular flexibility index (Phi) is 3.19. The zero-order valence-electron chi connectivity index (χ0n) is 6.57. The van der Waals surface area contributed by atoms with E-state index in [0.717, 1.165) is 10.5 Å². The Morgan fingerprint density at radius 1 is 1.50 bits per heavy atom. The zero-order chi connectivity index (χ0) is 8.97. The van der Waals surface area contributed by atoms with Gasteiger partial charge in [0.2, 0.25) is 0 Å². The Morgan fingerprint density at radius 2 is 2.25 bits per heavy atom. The topological polar surface area (TPSA) is 46.2 Å². The van der Waals surface area contributed by atoms with Gasteiger partial charge in [-0.1, -0.05) is 18.2 Å². The van der Waals surface area contributed by atoms with Crippen molar-refractivity contribution in [3.63, 3.8) is 0 Å². The number of anilines is 1. The van der Waals surface area contributed by atoms with E-state index in [9.17, 15) is 0 Å². The maximum atomic E-state index is 8.52. The molecule has 0 heterocycles. The molecule has 0 saturated carbocycles. The van der Waals surface area contributed by atoms with Gasteiger partial charge in [0, 0.05) is 10.6 Å². The fourth-order valence-corrected chi connectivity index (χ4v) is 1.00. The van der Waals surface area contributed by atoms with E-state index < -0.39 is 0 Å². The van der Waals surface area contributed by atoms with E-state index >= 15 is 0 Å². The molecule has 2 nitrogen and oxygen atoms in total. The van der Waals surface area contributed by atoms with Crippen LogP contribution in [-0.2, 0) is 0 Å². The zero-order valence-corrected chi connectivity index (χ0v) is 7.46. The van der Waals surface area contributed by atoms with Crippen molar-refractivity contribution in [2.75, 3.05) is 12.3 Å². The lowest BCUT2D eigenvalue weighted by molar-refractivity contribution is 0.343. The summed E-state index contributed by atoms with van der Waals surface area (Å²) < 4.78 is 0. The molecule has 0 aliphatic heterocycles. The molecule has 0 atom stereocenters. The number of aliphatic hydroxyl groups is 1. The molecular weight excluding hydrogens is 170 g/mol. The largest absolute Gasteiger partial charge is 0.398 e. The van der Waals surface area contributed by atoms with Gasteiger partial charge in [0.1, 0.15) is 0 Å². The lowest BCUT2D eigenvalue weighted by Gasteiger charge is -1.99. The van der Waals surface area contributed by atoms with Crippen molar-refractivity contribution in [3.8, 4) is 0 Å². The molecule has 0 aliphatic carbocycles. The van der Waals surface area contributed by atoms with E-state index in [1.807, 2.05) is 24.3 Å². The molecule has 0 fully saturated rings. The van der Waals surface area contributed by atoms with Crippen LogP contribution in [0.2, 0.25) is 0 Å². The SMILES string of the molecule is Nc1cc(/C=C/CO)ccc1S. The second kappa shape index (κ2) is 4.18. The molecule has 0 unspecified atom stereocenters. The summed E-state index contributed by atoms with van der Waals surface area (Å²) >= 11 is 4.14. The van der Waals surface area contributed by atoms with Crippen LogP contribution in [0.3, 0.4) is 0 Å². The molecule has 1 aromatic rings. The molecule has 3 N–H and O–H groups in total. The van der Waals surface area contributed by atoms with Crippen LogP contribution in [0.1, 0.15) is 5.56 Å². The van der Waals surface area contributed by atoms with Crippen LogP contribution >= 0.6 is 12.6 Å². The van der Waals surface area contributed by atoms with Crippen LogP contribution in [-0.4, -0.2) is 11.7 Å². The molecular formula is C9H11NOS. The molecule has 0 aromatic heterocycles. The van der Waals surface area contributed by atoms with Crippen LogP contribution in [0, 0.1) is 0 Å². The average molecular weight is 181 g/mol. The van der Waals surface area contributed by atoms with Gasteiger partial charge in [0.05, 0.1) is 6.61 Å². The second-order valence-corrected chi connectivity index (χ2v) is 2.89. The molecule has 64 valence electrons. The summed E-state index contributed by atoms with van der Waals surface area (Å²) in [6.45, 7) is 0.0442. The van der Waals surface area contributed by atoms with Gasteiger partial charge in [-0.3, -0.25) is 0 Å². The first kappa shape index (κ1) is 9.16. The summed E-state index contributed by atoms with van der Waals surface area (Å²) in [7, 11) is 0. The van der Waals surface area contributed by atoms with Crippen molar-refractivity contribution in [1.82, 2.24) is 0 Å². The van der Waals surface area contributed by atoms with E-state index in [1.165, 1.54) is 0 Å². The van der Waals surface area contributed by atoms with Crippen molar-refractivity contribution in [2.24, 2.45) is 0 Å². The Balaban J connectivity index is 2.89. The first-order valence-electron chi connectivity index (χ1n) is 3.60. The Labute approximate surface area is 77.1 Å². The normalized spacial score (nSPS) is 10.8. The highest BCUT2D eigenvalue weighted by Gasteiger charge is 1.93. The second-order valence-electron chi connectivity index (χ2n) is 2.40. The molecule has 12 heavy (non-hydrogen) atoms. The van der Waals surface area contributed by atoms with Crippen molar-refractivity contribution in [3.05, 3.63) is 29.8 Å². The fraction of sp³-hybridized carbons (Fsp3) is 0.111. The Morgan fingerprint density at radius 3 is 2.83 bits per heavy atom. The van der Waals surface area contributed by atoms with Gasteiger partial charge in [-0.15, -0.1) is 12.6 Å². The van der Waals surface area contributed by atoms with Crippen LogP contribution in [0.5, 0.6) is 0 Å². The molecule has 1 rings (SSSR count). The minimum Gasteiger partial charge on any atom is -0.398 e. The molecule has 0 spiro atoms. The quantitative estimate of drug-likeness (QED) is 0.479. The monoisotopic (exact) mass is 181 g/mol. The van der Waals surface area contributed by atoms with Crippen LogP contribution in [0.25, 0.3) is 6.08 Å². The summed E-state index contributed by atoms with van der Waals surface area (Å²) in [5.74, 6) is 0. The number of hydrogen-bond donors (Lipinski definition) is 3. The van der Waals surface area contributed by atoms with Gasteiger partial charge >= 0.3 is 0 Å². The number of nitrogen functional groups attached to an aromatic ring is 1. The van der Waals surface area contributed by atoms with Gasteiger partial charge in [-0.2, -0.15) is 0 Å². The summed E-state index contributed by atoms with van der Waals surface area (Å²) in [5, 5.41) is 8.52. The van der Waals surface area contributed by atoms with Gasteiger partial charge in [0.15, 0.2) is 0 Å². The summed E-state index contributed by atoms with van der Waals surface area (Å²) in [6, 6.07) is 5.54. The van der Waals surface area contributed by atoms with Crippen molar-refractivity contribution in [2.45, 2.75) is 4.90 Å². The number of thiol groups is 1. The summed E-state index contributed by atoms with van der Waals surface area (Å²) in [5.41, 5.74) is 7.24. The smallest absolute Gasteiger partial charge is 0.0615 e. The lowest BCUT2D eigenvalue weighted by atomic mass is 10.2.